The van der Waals surface area contributed by atoms with Crippen LogP contribution < -0.4 is 4.57 Å². The first-order valence-corrected chi connectivity index (χ1v) is 13.8. The summed E-state index contributed by atoms with van der Waals surface area (Å²) < 4.78 is 61.6. The summed E-state index contributed by atoms with van der Waals surface area (Å²) in [5.74, 6) is 0.0578. The second-order valence-electron chi connectivity index (χ2n) is 5.90. The molecule has 1 heterocycles. The Morgan fingerprint density at radius 1 is 0.679 bits per heavy atom. The van der Waals surface area contributed by atoms with Gasteiger partial charge in [-0.3, -0.25) is 4.79 Å². The molecule has 0 N–H and O–H groups in total. The number of rotatable bonds is 4. The summed E-state index contributed by atoms with van der Waals surface area (Å²) in [5.41, 5.74) is 2.67. The van der Waals surface area contributed by atoms with Crippen LogP contribution in [-0.4, -0.2) is 25.3 Å². The Morgan fingerprint density at radius 2 is 1.07 bits per heavy atom. The first-order chi connectivity index (χ1) is 12.8. The van der Waals surface area contributed by atoms with E-state index in [1.807, 2.05) is 73.1 Å². The molecule has 3 aromatic rings. The van der Waals surface area contributed by atoms with Crippen molar-refractivity contribution in [1.29, 1.82) is 0 Å². The molecule has 2 nitrogen and oxygen atoms in total. The molecule has 9 heteroatoms. The standard InChI is InChI=1S/C19H16NO.6FH.Sb/c21-19(17-9-5-2-6-10-17)18-11-13-20(14-12-18)15-16-7-3-1-4-8-16;;;;;;;/h1-14H,15H2;6*1H;/q+1;;;;;;;+5/p-6. The van der Waals surface area contributed by atoms with Crippen LogP contribution in [0.15, 0.2) is 85.2 Å². The third-order valence-electron chi connectivity index (χ3n) is 3.40. The summed E-state index contributed by atoms with van der Waals surface area (Å²) in [7, 11) is 0. The van der Waals surface area contributed by atoms with Gasteiger partial charge in [-0.15, -0.1) is 0 Å². The topological polar surface area (TPSA) is 20.9 Å². The van der Waals surface area contributed by atoms with Gasteiger partial charge in [0.2, 0.25) is 0 Å². The number of halogens is 6. The Morgan fingerprint density at radius 3 is 1.54 bits per heavy atom. The molecule has 1 aromatic heterocycles. The summed E-state index contributed by atoms with van der Waals surface area (Å²) in [6.45, 7) is 0.806. The van der Waals surface area contributed by atoms with Gasteiger partial charge < -0.3 is 0 Å². The number of carbonyl (C=O) groups excluding carboxylic acids is 1. The average molecular weight is 510 g/mol. The van der Waals surface area contributed by atoms with Crippen LogP contribution >= 0.6 is 0 Å². The Bertz CT molecular complexity index is 916. The van der Waals surface area contributed by atoms with Crippen molar-refractivity contribution in [3.63, 3.8) is 0 Å². The predicted molar refractivity (Wildman–Crippen MR) is 94.5 cm³/mol. The van der Waals surface area contributed by atoms with E-state index < -0.39 is 19.5 Å². The quantitative estimate of drug-likeness (QED) is 0.200. The third kappa shape index (κ3) is 9.55. The van der Waals surface area contributed by atoms with Crippen LogP contribution in [0, 0.1) is 0 Å². The van der Waals surface area contributed by atoms with E-state index in [-0.39, 0.29) is 5.78 Å². The van der Waals surface area contributed by atoms with E-state index in [2.05, 4.69) is 16.7 Å². The van der Waals surface area contributed by atoms with Crippen LogP contribution in [0.1, 0.15) is 21.5 Å². The van der Waals surface area contributed by atoms with Gasteiger partial charge in [0.25, 0.3) is 0 Å². The van der Waals surface area contributed by atoms with Gasteiger partial charge in [0.1, 0.15) is 0 Å². The number of hydrogen-bond donors (Lipinski definition) is 0. The van der Waals surface area contributed by atoms with Gasteiger partial charge in [-0.1, -0.05) is 60.7 Å². The Labute approximate surface area is 160 Å². The molecule has 0 aliphatic carbocycles. The molecule has 0 radical (unpaired) electrons. The van der Waals surface area contributed by atoms with E-state index in [0.717, 1.165) is 12.1 Å². The molecule has 0 unspecified atom stereocenters. The van der Waals surface area contributed by atoms with Gasteiger partial charge in [0.15, 0.2) is 24.7 Å². The van der Waals surface area contributed by atoms with Crippen molar-refractivity contribution in [2.45, 2.75) is 6.54 Å². The van der Waals surface area contributed by atoms with Crippen LogP contribution in [0.4, 0.5) is 16.9 Å². The number of carbonyl (C=O) groups is 1. The van der Waals surface area contributed by atoms with Crippen molar-refractivity contribution in [3.05, 3.63) is 102 Å². The van der Waals surface area contributed by atoms with E-state index in [0.29, 0.717) is 5.56 Å². The molecule has 3 rings (SSSR count). The zero-order chi connectivity index (χ0) is 20.9. The fraction of sp³-hybridized carbons (Fsp3) is 0.0526. The number of nitrogens with zero attached hydrogens (tertiary/aromatic N) is 1. The summed E-state index contributed by atoms with van der Waals surface area (Å²) in [6.07, 6.45) is 3.90. The molecule has 0 saturated heterocycles. The molecular formula is C19H16F6NOSb. The number of ketones is 1. The second kappa shape index (κ2) is 7.58. The van der Waals surface area contributed by atoms with Gasteiger partial charge in [-0.05, 0) is 0 Å². The van der Waals surface area contributed by atoms with Crippen molar-refractivity contribution in [2.24, 2.45) is 0 Å². The van der Waals surface area contributed by atoms with E-state index in [1.165, 1.54) is 5.56 Å². The molecule has 2 aromatic carbocycles. The first-order valence-electron chi connectivity index (χ1n) is 7.97. The monoisotopic (exact) mass is 509 g/mol. The number of aromatic nitrogens is 1. The van der Waals surface area contributed by atoms with Gasteiger partial charge in [0, 0.05) is 28.8 Å². The minimum atomic E-state index is -11.2. The molecule has 0 aliphatic rings. The fourth-order valence-electron chi connectivity index (χ4n) is 2.26. The van der Waals surface area contributed by atoms with Crippen molar-refractivity contribution in [1.82, 2.24) is 0 Å². The molecule has 0 atom stereocenters. The van der Waals surface area contributed by atoms with Crippen molar-refractivity contribution >= 4 is 25.3 Å². The zero-order valence-corrected chi connectivity index (χ0v) is 16.9. The van der Waals surface area contributed by atoms with Gasteiger partial charge in [0.05, 0.1) is 0 Å². The number of pyridine rings is 1. The molecule has 0 fully saturated rings. The molecular weight excluding hydrogens is 494 g/mol. The number of benzene rings is 2. The van der Waals surface area contributed by atoms with E-state index in [4.69, 9.17) is 0 Å². The normalized spacial score (nSPS) is 13.5. The Hall–Kier alpha value is -2.34. The van der Waals surface area contributed by atoms with Crippen molar-refractivity contribution < 1.29 is 26.2 Å². The zero-order valence-electron chi connectivity index (χ0n) is 14.4. The minimum absolute atomic E-state index is 0.0578. The predicted octanol–water partition coefficient (Wildman–Crippen LogP) is 5.39. The molecule has 0 bridgehead atoms. The summed E-state index contributed by atoms with van der Waals surface area (Å²) in [4.78, 5) is 12.3. The molecule has 28 heavy (non-hydrogen) atoms. The summed E-state index contributed by atoms with van der Waals surface area (Å²) >= 11 is -11.2. The van der Waals surface area contributed by atoms with Crippen LogP contribution in [0.5, 0.6) is 0 Å². The van der Waals surface area contributed by atoms with E-state index in [1.54, 1.807) is 0 Å². The third-order valence-corrected chi connectivity index (χ3v) is 3.40. The summed E-state index contributed by atoms with van der Waals surface area (Å²) in [6, 6.07) is 23.4. The molecule has 0 amide bonds. The average Bonchev–Trinajstić information content (AvgIpc) is 2.61. The van der Waals surface area contributed by atoms with Crippen LogP contribution in [0.2, 0.25) is 0 Å². The summed E-state index contributed by atoms with van der Waals surface area (Å²) in [5, 5.41) is 0. The van der Waals surface area contributed by atoms with Gasteiger partial charge in [-0.2, -0.15) is 0 Å². The first kappa shape index (κ1) is 22.0. The Balaban J connectivity index is 0.000000345. The van der Waals surface area contributed by atoms with Crippen molar-refractivity contribution in [3.8, 4) is 0 Å². The molecule has 150 valence electrons. The van der Waals surface area contributed by atoms with Crippen LogP contribution in [0.3, 0.4) is 0 Å². The number of hydrogen-bond acceptors (Lipinski definition) is 1. The van der Waals surface area contributed by atoms with Crippen molar-refractivity contribution in [2.75, 3.05) is 0 Å². The van der Waals surface area contributed by atoms with Gasteiger partial charge in [-0.25, -0.2) is 4.57 Å². The SMILES string of the molecule is O=C(c1ccccc1)c1cc[n+](Cc2ccccc2)cc1.[F][Sb-]([F])([F])([F])([F])[F]. The van der Waals surface area contributed by atoms with E-state index >= 15 is 0 Å². The fourth-order valence-corrected chi connectivity index (χ4v) is 2.26. The van der Waals surface area contributed by atoms with Crippen LogP contribution in [-0.2, 0) is 6.54 Å². The Kier molecular flexibility index (Phi) is 5.95. The second-order valence-corrected chi connectivity index (χ2v) is 11.4. The van der Waals surface area contributed by atoms with Gasteiger partial charge >= 0.3 is 36.4 Å². The molecule has 0 saturated carbocycles. The molecule has 0 aliphatic heterocycles. The van der Waals surface area contributed by atoms with E-state index in [9.17, 15) is 21.7 Å². The van der Waals surface area contributed by atoms with Crippen LogP contribution in [0.25, 0.3) is 0 Å². The maximum absolute atomic E-state index is 12.3. The maximum atomic E-state index is 12.3. The molecule has 0 spiro atoms.